The van der Waals surface area contributed by atoms with Crippen LogP contribution in [0.3, 0.4) is 0 Å². The highest BCUT2D eigenvalue weighted by molar-refractivity contribution is 7.07. The van der Waals surface area contributed by atoms with Gasteiger partial charge in [-0.1, -0.05) is 6.92 Å². The van der Waals surface area contributed by atoms with E-state index in [2.05, 4.69) is 34.0 Å². The molecule has 0 aliphatic carbocycles. The molecule has 1 unspecified atom stereocenters. The first kappa shape index (κ1) is 10.1. The average Bonchev–Trinajstić information content (AvgIpc) is 2.71. The SMILES string of the molecule is CCC1CNCCN1Cc1ccsc1. The Morgan fingerprint density at radius 2 is 2.57 bits per heavy atom. The van der Waals surface area contributed by atoms with Crippen LogP contribution in [0.25, 0.3) is 0 Å². The van der Waals surface area contributed by atoms with Gasteiger partial charge < -0.3 is 5.32 Å². The molecular formula is C11H18N2S. The van der Waals surface area contributed by atoms with Gasteiger partial charge in [0.25, 0.3) is 0 Å². The summed E-state index contributed by atoms with van der Waals surface area (Å²) in [6, 6.07) is 2.96. The number of nitrogens with one attached hydrogen (secondary N) is 1. The van der Waals surface area contributed by atoms with Crippen molar-refractivity contribution in [2.24, 2.45) is 0 Å². The number of hydrogen-bond donors (Lipinski definition) is 1. The Balaban J connectivity index is 1.94. The van der Waals surface area contributed by atoms with Gasteiger partial charge in [-0.2, -0.15) is 11.3 Å². The normalized spacial score (nSPS) is 23.9. The number of piperazine rings is 1. The van der Waals surface area contributed by atoms with Crippen LogP contribution in [-0.4, -0.2) is 30.6 Å². The van der Waals surface area contributed by atoms with Crippen molar-refractivity contribution in [1.82, 2.24) is 10.2 Å². The predicted octanol–water partition coefficient (Wildman–Crippen LogP) is 1.93. The van der Waals surface area contributed by atoms with Crippen molar-refractivity contribution in [2.75, 3.05) is 19.6 Å². The summed E-state index contributed by atoms with van der Waals surface area (Å²) in [7, 11) is 0. The molecule has 1 aliphatic rings. The van der Waals surface area contributed by atoms with E-state index in [1.165, 1.54) is 18.5 Å². The summed E-state index contributed by atoms with van der Waals surface area (Å²) in [5.41, 5.74) is 1.47. The minimum Gasteiger partial charge on any atom is -0.314 e. The first-order valence-electron chi connectivity index (χ1n) is 5.36. The van der Waals surface area contributed by atoms with E-state index in [0.717, 1.165) is 25.7 Å². The van der Waals surface area contributed by atoms with E-state index in [0.29, 0.717) is 0 Å². The van der Waals surface area contributed by atoms with Crippen LogP contribution in [0.5, 0.6) is 0 Å². The number of thiophene rings is 1. The van der Waals surface area contributed by atoms with Gasteiger partial charge in [-0.15, -0.1) is 0 Å². The Kier molecular flexibility index (Phi) is 3.56. The van der Waals surface area contributed by atoms with Gasteiger partial charge in [-0.25, -0.2) is 0 Å². The third-order valence-electron chi connectivity index (χ3n) is 2.91. The maximum Gasteiger partial charge on any atom is 0.0246 e. The van der Waals surface area contributed by atoms with Crippen molar-refractivity contribution in [1.29, 1.82) is 0 Å². The minimum atomic E-state index is 0.726. The molecule has 1 aliphatic heterocycles. The molecule has 0 aromatic carbocycles. The quantitative estimate of drug-likeness (QED) is 0.820. The molecule has 0 bridgehead atoms. The molecule has 0 saturated carbocycles. The average molecular weight is 210 g/mol. The number of hydrogen-bond acceptors (Lipinski definition) is 3. The highest BCUT2D eigenvalue weighted by Crippen LogP contribution is 2.14. The van der Waals surface area contributed by atoms with Gasteiger partial charge in [0.1, 0.15) is 0 Å². The smallest absolute Gasteiger partial charge is 0.0246 e. The molecule has 78 valence electrons. The lowest BCUT2D eigenvalue weighted by atomic mass is 10.1. The second kappa shape index (κ2) is 4.91. The summed E-state index contributed by atoms with van der Waals surface area (Å²) >= 11 is 1.79. The van der Waals surface area contributed by atoms with E-state index in [1.54, 1.807) is 11.3 Å². The van der Waals surface area contributed by atoms with Crippen LogP contribution >= 0.6 is 11.3 Å². The van der Waals surface area contributed by atoms with Crippen molar-refractivity contribution >= 4 is 11.3 Å². The molecule has 3 heteroatoms. The van der Waals surface area contributed by atoms with Gasteiger partial charge >= 0.3 is 0 Å². The molecular weight excluding hydrogens is 192 g/mol. The third kappa shape index (κ3) is 2.35. The van der Waals surface area contributed by atoms with Crippen LogP contribution < -0.4 is 5.32 Å². The third-order valence-corrected chi connectivity index (χ3v) is 3.64. The number of rotatable bonds is 3. The Morgan fingerprint density at radius 1 is 1.64 bits per heavy atom. The lowest BCUT2D eigenvalue weighted by Gasteiger charge is -2.35. The lowest BCUT2D eigenvalue weighted by molar-refractivity contribution is 0.149. The zero-order valence-corrected chi connectivity index (χ0v) is 9.52. The Labute approximate surface area is 89.9 Å². The summed E-state index contributed by atoms with van der Waals surface area (Å²) in [6.07, 6.45) is 1.25. The Bertz CT molecular complexity index is 258. The second-order valence-corrected chi connectivity index (χ2v) is 4.65. The minimum absolute atomic E-state index is 0.726. The molecule has 1 saturated heterocycles. The van der Waals surface area contributed by atoms with Crippen molar-refractivity contribution in [2.45, 2.75) is 25.9 Å². The predicted molar refractivity (Wildman–Crippen MR) is 61.7 cm³/mol. The zero-order chi connectivity index (χ0) is 9.80. The first-order valence-corrected chi connectivity index (χ1v) is 6.30. The van der Waals surface area contributed by atoms with E-state index in [9.17, 15) is 0 Å². The van der Waals surface area contributed by atoms with Gasteiger partial charge in [-0.3, -0.25) is 4.90 Å². The molecule has 1 aromatic heterocycles. The topological polar surface area (TPSA) is 15.3 Å². The van der Waals surface area contributed by atoms with Crippen LogP contribution in [0.15, 0.2) is 16.8 Å². The van der Waals surface area contributed by atoms with E-state index in [1.807, 2.05) is 0 Å². The van der Waals surface area contributed by atoms with Crippen LogP contribution in [0.1, 0.15) is 18.9 Å². The molecule has 1 aromatic rings. The summed E-state index contributed by atoms with van der Waals surface area (Å²) in [5.74, 6) is 0. The van der Waals surface area contributed by atoms with Crippen molar-refractivity contribution in [3.05, 3.63) is 22.4 Å². The molecule has 2 nitrogen and oxygen atoms in total. The fourth-order valence-corrected chi connectivity index (χ4v) is 2.69. The van der Waals surface area contributed by atoms with Gasteiger partial charge in [0.2, 0.25) is 0 Å². The fourth-order valence-electron chi connectivity index (χ4n) is 2.03. The van der Waals surface area contributed by atoms with Crippen molar-refractivity contribution in [3.8, 4) is 0 Å². The zero-order valence-electron chi connectivity index (χ0n) is 8.70. The summed E-state index contributed by atoms with van der Waals surface area (Å²) < 4.78 is 0. The highest BCUT2D eigenvalue weighted by Gasteiger charge is 2.20. The largest absolute Gasteiger partial charge is 0.314 e. The van der Waals surface area contributed by atoms with E-state index in [4.69, 9.17) is 0 Å². The van der Waals surface area contributed by atoms with Crippen molar-refractivity contribution in [3.63, 3.8) is 0 Å². The lowest BCUT2D eigenvalue weighted by Crippen LogP contribution is -2.50. The molecule has 14 heavy (non-hydrogen) atoms. The van der Waals surface area contributed by atoms with E-state index >= 15 is 0 Å². The Morgan fingerprint density at radius 3 is 3.29 bits per heavy atom. The monoisotopic (exact) mass is 210 g/mol. The van der Waals surface area contributed by atoms with Crippen LogP contribution in [0, 0.1) is 0 Å². The van der Waals surface area contributed by atoms with E-state index < -0.39 is 0 Å². The summed E-state index contributed by atoms with van der Waals surface area (Å²) in [6.45, 7) is 6.89. The summed E-state index contributed by atoms with van der Waals surface area (Å²) in [5, 5.41) is 7.88. The van der Waals surface area contributed by atoms with Gasteiger partial charge in [0.05, 0.1) is 0 Å². The highest BCUT2D eigenvalue weighted by atomic mass is 32.1. The maximum absolute atomic E-state index is 3.46. The van der Waals surface area contributed by atoms with Gasteiger partial charge in [0.15, 0.2) is 0 Å². The number of nitrogens with zero attached hydrogens (tertiary/aromatic N) is 1. The van der Waals surface area contributed by atoms with Crippen LogP contribution in [-0.2, 0) is 6.54 Å². The van der Waals surface area contributed by atoms with Crippen LogP contribution in [0.4, 0.5) is 0 Å². The molecule has 2 rings (SSSR count). The van der Waals surface area contributed by atoms with Gasteiger partial charge in [-0.05, 0) is 28.8 Å². The first-order chi connectivity index (χ1) is 6.90. The van der Waals surface area contributed by atoms with Gasteiger partial charge in [0, 0.05) is 32.2 Å². The van der Waals surface area contributed by atoms with Crippen molar-refractivity contribution < 1.29 is 0 Å². The molecule has 0 radical (unpaired) electrons. The molecule has 1 N–H and O–H groups in total. The molecule has 1 fully saturated rings. The summed E-state index contributed by atoms with van der Waals surface area (Å²) in [4.78, 5) is 2.60. The molecule has 1 atom stereocenters. The fraction of sp³-hybridized carbons (Fsp3) is 0.636. The molecule has 0 spiro atoms. The second-order valence-electron chi connectivity index (χ2n) is 3.87. The standard InChI is InChI=1S/C11H18N2S/c1-2-11-7-12-4-5-13(11)8-10-3-6-14-9-10/h3,6,9,11-12H,2,4-5,7-8H2,1H3. The molecule has 2 heterocycles. The van der Waals surface area contributed by atoms with Crippen LogP contribution in [0.2, 0.25) is 0 Å². The van der Waals surface area contributed by atoms with E-state index in [-0.39, 0.29) is 0 Å². The maximum atomic E-state index is 3.46. The molecule has 0 amide bonds. The Hall–Kier alpha value is -0.380.